The van der Waals surface area contributed by atoms with Crippen LogP contribution < -0.4 is 16.0 Å². The lowest BCUT2D eigenvalue weighted by Gasteiger charge is -2.36. The maximum absolute atomic E-state index is 13.7. The summed E-state index contributed by atoms with van der Waals surface area (Å²) < 4.78 is 1.68. The molecule has 1 aromatic carbocycles. The maximum atomic E-state index is 13.7. The van der Waals surface area contributed by atoms with Crippen LogP contribution >= 0.6 is 0 Å². The Hall–Kier alpha value is -3.73. The number of hydrogen-bond donors (Lipinski definition) is 3. The summed E-state index contributed by atoms with van der Waals surface area (Å²) in [5.74, 6) is -0.846. The fourth-order valence-electron chi connectivity index (χ4n) is 6.49. The van der Waals surface area contributed by atoms with E-state index in [2.05, 4.69) is 25.9 Å². The molecule has 0 bridgehead atoms. The van der Waals surface area contributed by atoms with Crippen LogP contribution in [0.5, 0.6) is 0 Å². The van der Waals surface area contributed by atoms with Gasteiger partial charge in [-0.15, -0.1) is 0 Å². The number of nitrogens with zero attached hydrogens (tertiary/aromatic N) is 4. The number of aromatic nitrogens is 2. The van der Waals surface area contributed by atoms with Gasteiger partial charge in [0.05, 0.1) is 0 Å². The predicted octanol–water partition coefficient (Wildman–Crippen LogP) is 3.62. The monoisotopic (exact) mass is 635 g/mol. The van der Waals surface area contributed by atoms with Crippen LogP contribution in [0.15, 0.2) is 36.5 Å². The predicted molar refractivity (Wildman–Crippen MR) is 178 cm³/mol. The molecular formula is C35H53N7O4. The zero-order valence-corrected chi connectivity index (χ0v) is 28.3. The van der Waals surface area contributed by atoms with Gasteiger partial charge in [0, 0.05) is 57.3 Å². The summed E-state index contributed by atoms with van der Waals surface area (Å²) in [6.45, 7) is 10.9. The SMILES string of the molecule is CCC(=O)N[C@@H](C(=O)N1CCN(C)CC1)C(C)c1ccc(CNC(=O)C(NC(=O)c2ccnn2C(C)C)C2CCCCCC2)cc1. The Morgan fingerprint density at radius 3 is 2.15 bits per heavy atom. The number of carbonyl (C=O) groups is 4. The summed E-state index contributed by atoms with van der Waals surface area (Å²) in [6, 6.07) is 8.25. The Morgan fingerprint density at radius 2 is 1.54 bits per heavy atom. The van der Waals surface area contributed by atoms with Crippen molar-refractivity contribution in [1.29, 1.82) is 0 Å². The molecule has 252 valence electrons. The zero-order chi connectivity index (χ0) is 33.2. The van der Waals surface area contributed by atoms with Crippen LogP contribution in [-0.2, 0) is 20.9 Å². The summed E-state index contributed by atoms with van der Waals surface area (Å²) in [5.41, 5.74) is 2.29. The molecule has 2 fully saturated rings. The van der Waals surface area contributed by atoms with E-state index in [0.29, 0.717) is 31.7 Å². The molecule has 1 aromatic heterocycles. The van der Waals surface area contributed by atoms with Crippen molar-refractivity contribution in [1.82, 2.24) is 35.5 Å². The van der Waals surface area contributed by atoms with Gasteiger partial charge in [0.1, 0.15) is 17.8 Å². The highest BCUT2D eigenvalue weighted by molar-refractivity contribution is 5.96. The number of piperazine rings is 1. The highest BCUT2D eigenvalue weighted by Gasteiger charge is 2.33. The van der Waals surface area contributed by atoms with Gasteiger partial charge in [0.2, 0.25) is 17.7 Å². The first-order valence-corrected chi connectivity index (χ1v) is 17.1. The Bertz CT molecular complexity index is 1310. The molecule has 2 unspecified atom stereocenters. The van der Waals surface area contributed by atoms with E-state index in [1.54, 1.807) is 23.9 Å². The second-order valence-electron chi connectivity index (χ2n) is 13.2. The van der Waals surface area contributed by atoms with Crippen LogP contribution in [0.3, 0.4) is 0 Å². The van der Waals surface area contributed by atoms with Crippen LogP contribution in [0.4, 0.5) is 0 Å². The van der Waals surface area contributed by atoms with Crippen molar-refractivity contribution in [2.75, 3.05) is 33.2 Å². The molecule has 2 heterocycles. The molecule has 11 heteroatoms. The van der Waals surface area contributed by atoms with Crippen molar-refractivity contribution in [3.8, 4) is 0 Å². The zero-order valence-electron chi connectivity index (χ0n) is 28.3. The molecule has 0 radical (unpaired) electrons. The van der Waals surface area contributed by atoms with Gasteiger partial charge in [-0.3, -0.25) is 23.9 Å². The van der Waals surface area contributed by atoms with E-state index in [4.69, 9.17) is 0 Å². The largest absolute Gasteiger partial charge is 0.350 e. The maximum Gasteiger partial charge on any atom is 0.270 e. The normalized spacial score (nSPS) is 18.3. The molecule has 11 nitrogen and oxygen atoms in total. The third kappa shape index (κ3) is 9.18. The first kappa shape index (κ1) is 35.1. The van der Waals surface area contributed by atoms with E-state index in [-0.39, 0.29) is 41.5 Å². The first-order valence-electron chi connectivity index (χ1n) is 17.1. The molecule has 3 atom stereocenters. The second kappa shape index (κ2) is 16.7. The van der Waals surface area contributed by atoms with E-state index >= 15 is 0 Å². The molecule has 1 saturated carbocycles. The Labute approximate surface area is 273 Å². The lowest BCUT2D eigenvalue weighted by molar-refractivity contribution is -0.138. The van der Waals surface area contributed by atoms with Gasteiger partial charge in [0.15, 0.2) is 0 Å². The topological polar surface area (TPSA) is 129 Å². The number of benzene rings is 1. The van der Waals surface area contributed by atoms with Crippen LogP contribution in [0.25, 0.3) is 0 Å². The van der Waals surface area contributed by atoms with Crippen LogP contribution in [-0.4, -0.2) is 88.5 Å². The van der Waals surface area contributed by atoms with Crippen LogP contribution in [0.2, 0.25) is 0 Å². The number of hydrogen-bond acceptors (Lipinski definition) is 6. The number of likely N-dealkylation sites (N-methyl/N-ethyl adjacent to an activating group) is 1. The highest BCUT2D eigenvalue weighted by Crippen LogP contribution is 2.27. The molecule has 4 rings (SSSR count). The van der Waals surface area contributed by atoms with E-state index in [1.165, 1.54) is 0 Å². The molecule has 1 aliphatic heterocycles. The fraction of sp³-hybridized carbons (Fsp3) is 0.629. The van der Waals surface area contributed by atoms with E-state index in [0.717, 1.165) is 62.7 Å². The summed E-state index contributed by atoms with van der Waals surface area (Å²) in [4.78, 5) is 57.0. The number of rotatable bonds is 12. The first-order chi connectivity index (χ1) is 22.1. The van der Waals surface area contributed by atoms with Crippen molar-refractivity contribution < 1.29 is 19.2 Å². The Balaban J connectivity index is 1.43. The molecular weight excluding hydrogens is 582 g/mol. The minimum atomic E-state index is -0.655. The molecule has 1 saturated heterocycles. The third-order valence-corrected chi connectivity index (χ3v) is 9.52. The van der Waals surface area contributed by atoms with Crippen molar-refractivity contribution >= 4 is 23.6 Å². The highest BCUT2D eigenvalue weighted by atomic mass is 16.2. The lowest BCUT2D eigenvalue weighted by atomic mass is 9.90. The minimum Gasteiger partial charge on any atom is -0.350 e. The summed E-state index contributed by atoms with van der Waals surface area (Å²) in [7, 11) is 2.04. The van der Waals surface area contributed by atoms with Crippen molar-refractivity contribution in [3.63, 3.8) is 0 Å². The molecule has 2 aliphatic rings. The number of amides is 4. The number of carbonyl (C=O) groups excluding carboxylic acids is 4. The summed E-state index contributed by atoms with van der Waals surface area (Å²) in [5, 5.41) is 13.4. The Kier molecular flexibility index (Phi) is 12.8. The summed E-state index contributed by atoms with van der Waals surface area (Å²) in [6.07, 6.45) is 8.11. The van der Waals surface area contributed by atoms with Gasteiger partial charge < -0.3 is 25.8 Å². The lowest BCUT2D eigenvalue weighted by Crippen LogP contribution is -2.55. The van der Waals surface area contributed by atoms with Crippen LogP contribution in [0.1, 0.15) is 106 Å². The van der Waals surface area contributed by atoms with Crippen molar-refractivity contribution in [2.45, 2.75) is 103 Å². The van der Waals surface area contributed by atoms with E-state index < -0.39 is 12.1 Å². The second-order valence-corrected chi connectivity index (χ2v) is 13.2. The van der Waals surface area contributed by atoms with Gasteiger partial charge in [-0.25, -0.2) is 0 Å². The Morgan fingerprint density at radius 1 is 0.891 bits per heavy atom. The summed E-state index contributed by atoms with van der Waals surface area (Å²) >= 11 is 0. The van der Waals surface area contributed by atoms with E-state index in [1.807, 2.05) is 57.0 Å². The molecule has 4 amide bonds. The smallest absolute Gasteiger partial charge is 0.270 e. The standard InChI is InChI=1S/C35H53N7O4/c1-6-30(43)38-31(35(46)41-21-19-40(5)20-22-41)25(4)27-15-13-26(14-16-27)23-36-34(45)32(28-11-9-7-8-10-12-28)39-33(44)29-17-18-37-42(29)24(2)3/h13-18,24-25,28,31-32H,6-12,19-23H2,1-5H3,(H,36,45)(H,38,43)(H,39,44)/t25?,31-,32?/m1/s1. The van der Waals surface area contributed by atoms with Gasteiger partial charge in [-0.05, 0) is 56.8 Å². The molecule has 2 aromatic rings. The molecule has 1 aliphatic carbocycles. The average Bonchev–Trinajstić information content (AvgIpc) is 3.41. The molecule has 3 N–H and O–H groups in total. The van der Waals surface area contributed by atoms with Gasteiger partial charge in [0.25, 0.3) is 5.91 Å². The van der Waals surface area contributed by atoms with E-state index in [9.17, 15) is 19.2 Å². The van der Waals surface area contributed by atoms with Crippen LogP contribution in [0, 0.1) is 5.92 Å². The average molecular weight is 636 g/mol. The molecule has 46 heavy (non-hydrogen) atoms. The van der Waals surface area contributed by atoms with Gasteiger partial charge in [-0.2, -0.15) is 5.10 Å². The van der Waals surface area contributed by atoms with Gasteiger partial charge >= 0.3 is 0 Å². The van der Waals surface area contributed by atoms with Crippen molar-refractivity contribution in [2.24, 2.45) is 5.92 Å². The number of nitrogens with one attached hydrogen (secondary N) is 3. The minimum absolute atomic E-state index is 0.0229. The molecule has 0 spiro atoms. The van der Waals surface area contributed by atoms with Crippen molar-refractivity contribution in [3.05, 3.63) is 53.3 Å². The fourth-order valence-corrected chi connectivity index (χ4v) is 6.49. The quantitative estimate of drug-likeness (QED) is 0.306. The third-order valence-electron chi connectivity index (χ3n) is 9.52. The van der Waals surface area contributed by atoms with Gasteiger partial charge in [-0.1, -0.05) is 63.8 Å².